The Labute approximate surface area is 94.7 Å². The van der Waals surface area contributed by atoms with Crippen molar-refractivity contribution in [3.05, 3.63) is 29.8 Å². The number of hydrogen-bond acceptors (Lipinski definition) is 5. The molecule has 88 valence electrons. The Morgan fingerprint density at radius 1 is 1.38 bits per heavy atom. The number of carbonyl (C=O) groups excluding carboxylic acids is 1. The van der Waals surface area contributed by atoms with E-state index in [0.717, 1.165) is 11.3 Å². The molecule has 1 rings (SSSR count). The van der Waals surface area contributed by atoms with Crippen molar-refractivity contribution < 1.29 is 14.3 Å². The molecule has 16 heavy (non-hydrogen) atoms. The highest BCUT2D eigenvalue weighted by Gasteiger charge is 1.88. The molecule has 5 heteroatoms. The minimum absolute atomic E-state index is 0.0312. The fourth-order valence-corrected chi connectivity index (χ4v) is 0.783. The van der Waals surface area contributed by atoms with E-state index in [2.05, 4.69) is 4.74 Å². The molecule has 0 fully saturated rings. The highest BCUT2D eigenvalue weighted by molar-refractivity contribution is 5.76. The fourth-order valence-electron chi connectivity index (χ4n) is 0.783. The van der Waals surface area contributed by atoms with Gasteiger partial charge < -0.3 is 20.6 Å². The van der Waals surface area contributed by atoms with Gasteiger partial charge in [0.15, 0.2) is 0 Å². The van der Waals surface area contributed by atoms with Crippen LogP contribution < -0.4 is 10.5 Å². The predicted molar refractivity (Wildman–Crippen MR) is 62.0 cm³/mol. The lowest BCUT2D eigenvalue weighted by Crippen LogP contribution is -2.14. The quantitative estimate of drug-likeness (QED) is 0.587. The van der Waals surface area contributed by atoms with Gasteiger partial charge in [-0.1, -0.05) is 0 Å². The van der Waals surface area contributed by atoms with Gasteiger partial charge in [0.25, 0.3) is 0 Å². The number of benzene rings is 1. The highest BCUT2D eigenvalue weighted by atomic mass is 16.5. The zero-order chi connectivity index (χ0) is 12.4. The van der Waals surface area contributed by atoms with E-state index in [1.54, 1.807) is 7.11 Å². The lowest BCUT2D eigenvalue weighted by Gasteiger charge is -1.97. The van der Waals surface area contributed by atoms with Crippen molar-refractivity contribution >= 4 is 12.2 Å². The molecule has 1 aromatic rings. The van der Waals surface area contributed by atoms with Crippen LogP contribution in [-0.4, -0.2) is 32.9 Å². The lowest BCUT2D eigenvalue weighted by molar-refractivity contribution is -0.138. The van der Waals surface area contributed by atoms with Crippen LogP contribution in [0.15, 0.2) is 24.3 Å². The first-order valence-corrected chi connectivity index (χ1v) is 4.59. The van der Waals surface area contributed by atoms with Crippen molar-refractivity contribution in [3.63, 3.8) is 0 Å². The van der Waals surface area contributed by atoms with E-state index in [9.17, 15) is 4.79 Å². The molecular weight excluding hydrogens is 208 g/mol. The molecule has 0 spiro atoms. The van der Waals surface area contributed by atoms with Gasteiger partial charge in [0.2, 0.25) is 0 Å². The number of hydrogen-bond donors (Lipinski definition) is 2. The summed E-state index contributed by atoms with van der Waals surface area (Å²) in [6, 6.07) is 7.35. The van der Waals surface area contributed by atoms with E-state index in [-0.39, 0.29) is 12.5 Å². The van der Waals surface area contributed by atoms with Gasteiger partial charge in [0.1, 0.15) is 5.75 Å². The Kier molecular flexibility index (Phi) is 7.44. The summed E-state index contributed by atoms with van der Waals surface area (Å²) in [5.74, 6) is 0.445. The van der Waals surface area contributed by atoms with Crippen LogP contribution in [0.2, 0.25) is 0 Å². The van der Waals surface area contributed by atoms with Gasteiger partial charge in [0.05, 0.1) is 20.8 Å². The summed E-state index contributed by atoms with van der Waals surface area (Å²) in [7, 11) is 2.93. The summed E-state index contributed by atoms with van der Waals surface area (Å²) in [6.07, 6.45) is 1.30. The first kappa shape index (κ1) is 14.1. The van der Waals surface area contributed by atoms with Crippen LogP contribution in [-0.2, 0) is 9.53 Å². The number of ether oxygens (including phenoxy) is 2. The van der Waals surface area contributed by atoms with E-state index in [4.69, 9.17) is 15.9 Å². The monoisotopic (exact) mass is 224 g/mol. The summed E-state index contributed by atoms with van der Waals surface area (Å²) in [5.41, 5.74) is 5.70. The molecular formula is C11H16N2O3. The summed E-state index contributed by atoms with van der Waals surface area (Å²) < 4.78 is 9.07. The second-order valence-electron chi connectivity index (χ2n) is 2.70. The molecule has 0 aliphatic heterocycles. The SMILES string of the molecule is COC(=O)CN.COc1ccc(C=N)cc1. The molecule has 0 bridgehead atoms. The van der Waals surface area contributed by atoms with Gasteiger partial charge in [-0.05, 0) is 29.8 Å². The topological polar surface area (TPSA) is 85.4 Å². The van der Waals surface area contributed by atoms with Crippen LogP contribution in [0.25, 0.3) is 0 Å². The summed E-state index contributed by atoms with van der Waals surface area (Å²) in [6.45, 7) is -0.0312. The molecule has 0 radical (unpaired) electrons. The molecule has 0 unspecified atom stereocenters. The molecule has 0 heterocycles. The molecule has 0 amide bonds. The van der Waals surface area contributed by atoms with Crippen LogP contribution in [0.3, 0.4) is 0 Å². The van der Waals surface area contributed by atoms with Gasteiger partial charge in [-0.3, -0.25) is 4.79 Å². The number of nitrogens with one attached hydrogen (secondary N) is 1. The van der Waals surface area contributed by atoms with Crippen molar-refractivity contribution in [3.8, 4) is 5.75 Å². The van der Waals surface area contributed by atoms with Crippen LogP contribution in [0.4, 0.5) is 0 Å². The molecule has 0 atom stereocenters. The Morgan fingerprint density at radius 3 is 2.19 bits per heavy atom. The average Bonchev–Trinajstić information content (AvgIpc) is 2.38. The summed E-state index contributed by atoms with van der Waals surface area (Å²) in [4.78, 5) is 9.83. The minimum atomic E-state index is -0.380. The lowest BCUT2D eigenvalue weighted by atomic mass is 10.2. The third-order valence-corrected chi connectivity index (χ3v) is 1.68. The van der Waals surface area contributed by atoms with Crippen molar-refractivity contribution in [2.75, 3.05) is 20.8 Å². The zero-order valence-electron chi connectivity index (χ0n) is 9.40. The number of rotatable bonds is 3. The number of carbonyl (C=O) groups is 1. The maximum absolute atomic E-state index is 9.83. The normalized spacial score (nSPS) is 8.44. The zero-order valence-corrected chi connectivity index (χ0v) is 9.40. The maximum Gasteiger partial charge on any atom is 0.319 e. The van der Waals surface area contributed by atoms with Gasteiger partial charge in [-0.25, -0.2) is 0 Å². The highest BCUT2D eigenvalue weighted by Crippen LogP contribution is 2.09. The molecule has 5 nitrogen and oxygen atoms in total. The van der Waals surface area contributed by atoms with Crippen LogP contribution in [0.5, 0.6) is 5.75 Å². The molecule has 0 aliphatic carbocycles. The van der Waals surface area contributed by atoms with Gasteiger partial charge >= 0.3 is 5.97 Å². The van der Waals surface area contributed by atoms with Gasteiger partial charge in [-0.2, -0.15) is 0 Å². The number of nitrogens with two attached hydrogens (primary N) is 1. The Hall–Kier alpha value is -1.88. The van der Waals surface area contributed by atoms with E-state index in [1.807, 2.05) is 24.3 Å². The second kappa shape index (κ2) is 8.43. The van der Waals surface area contributed by atoms with Crippen molar-refractivity contribution in [1.29, 1.82) is 5.41 Å². The van der Waals surface area contributed by atoms with Crippen molar-refractivity contribution in [2.45, 2.75) is 0 Å². The van der Waals surface area contributed by atoms with Gasteiger partial charge in [-0.15, -0.1) is 0 Å². The van der Waals surface area contributed by atoms with Crippen molar-refractivity contribution in [2.24, 2.45) is 5.73 Å². The number of esters is 1. The predicted octanol–water partition coefficient (Wildman–Crippen LogP) is 0.811. The van der Waals surface area contributed by atoms with E-state index in [0.29, 0.717) is 0 Å². The minimum Gasteiger partial charge on any atom is -0.497 e. The largest absolute Gasteiger partial charge is 0.497 e. The average molecular weight is 224 g/mol. The second-order valence-corrected chi connectivity index (χ2v) is 2.70. The Bertz CT molecular complexity index is 317. The molecule has 3 N–H and O–H groups in total. The Morgan fingerprint density at radius 2 is 1.94 bits per heavy atom. The third-order valence-electron chi connectivity index (χ3n) is 1.68. The molecule has 0 saturated carbocycles. The van der Waals surface area contributed by atoms with E-state index >= 15 is 0 Å². The standard InChI is InChI=1S/C8H9NO.C3H7NO2/c1-10-8-4-2-7(6-9)3-5-8;1-6-3(5)2-4/h2-6,9H,1H3;2,4H2,1H3. The molecule has 0 aromatic heterocycles. The molecule has 0 saturated heterocycles. The first-order chi connectivity index (χ1) is 7.67. The van der Waals surface area contributed by atoms with E-state index < -0.39 is 0 Å². The summed E-state index contributed by atoms with van der Waals surface area (Å²) >= 11 is 0. The first-order valence-electron chi connectivity index (χ1n) is 4.59. The fraction of sp³-hybridized carbons (Fsp3) is 0.273. The Balaban J connectivity index is 0.000000325. The van der Waals surface area contributed by atoms with Crippen LogP contribution >= 0.6 is 0 Å². The number of methoxy groups -OCH3 is 2. The van der Waals surface area contributed by atoms with E-state index in [1.165, 1.54) is 13.3 Å². The molecule has 0 aliphatic rings. The maximum atomic E-state index is 9.83. The third kappa shape index (κ3) is 5.77. The van der Waals surface area contributed by atoms with Crippen LogP contribution in [0, 0.1) is 5.41 Å². The summed E-state index contributed by atoms with van der Waals surface area (Å²) in [5, 5.41) is 6.91. The smallest absolute Gasteiger partial charge is 0.319 e. The molecule has 1 aromatic carbocycles. The van der Waals surface area contributed by atoms with Crippen molar-refractivity contribution in [1.82, 2.24) is 0 Å². The van der Waals surface area contributed by atoms with Gasteiger partial charge in [0, 0.05) is 6.21 Å². The van der Waals surface area contributed by atoms with Crippen LogP contribution in [0.1, 0.15) is 5.56 Å².